The molecule has 134 valence electrons. The second-order valence-corrected chi connectivity index (χ2v) is 7.40. The van der Waals surface area contributed by atoms with Crippen LogP contribution in [0.5, 0.6) is 0 Å². The molecular weight excluding hydrogens is 286 g/mol. The summed E-state index contributed by atoms with van der Waals surface area (Å²) in [7, 11) is 6.38. The number of aliphatic imine (C=N–C) groups is 1. The van der Waals surface area contributed by atoms with E-state index in [1.807, 2.05) is 7.05 Å². The molecule has 2 rings (SSSR count). The Labute approximate surface area is 143 Å². The van der Waals surface area contributed by atoms with E-state index in [0.717, 1.165) is 44.0 Å². The van der Waals surface area contributed by atoms with E-state index >= 15 is 0 Å². The van der Waals surface area contributed by atoms with Gasteiger partial charge in [-0.25, -0.2) is 0 Å². The van der Waals surface area contributed by atoms with E-state index in [4.69, 9.17) is 0 Å². The van der Waals surface area contributed by atoms with Crippen LogP contribution in [0.4, 0.5) is 0 Å². The molecule has 0 radical (unpaired) electrons. The van der Waals surface area contributed by atoms with E-state index in [9.17, 15) is 0 Å². The first kappa shape index (κ1) is 18.5. The molecule has 0 spiro atoms. The first-order chi connectivity index (χ1) is 11.1. The summed E-state index contributed by atoms with van der Waals surface area (Å²) in [5.41, 5.74) is 0. The molecule has 0 unspecified atom stereocenters. The number of piperazine rings is 1. The Balaban J connectivity index is 1.84. The Morgan fingerprint density at radius 1 is 1.13 bits per heavy atom. The average Bonchev–Trinajstić information content (AvgIpc) is 3.02. The van der Waals surface area contributed by atoms with Crippen LogP contribution in [0.1, 0.15) is 33.1 Å². The van der Waals surface area contributed by atoms with Gasteiger partial charge in [-0.1, -0.05) is 26.7 Å². The monoisotopic (exact) mass is 323 g/mol. The molecule has 0 aromatic carbocycles. The molecule has 2 aliphatic rings. The van der Waals surface area contributed by atoms with Crippen molar-refractivity contribution >= 4 is 5.96 Å². The zero-order valence-electron chi connectivity index (χ0n) is 15.9. The summed E-state index contributed by atoms with van der Waals surface area (Å²) in [5, 5.41) is 3.64. The van der Waals surface area contributed by atoms with Crippen molar-refractivity contribution in [3.05, 3.63) is 0 Å². The van der Waals surface area contributed by atoms with Crippen LogP contribution < -0.4 is 5.32 Å². The Kier molecular flexibility index (Phi) is 7.15. The van der Waals surface area contributed by atoms with E-state index < -0.39 is 0 Å². The van der Waals surface area contributed by atoms with Crippen molar-refractivity contribution in [3.8, 4) is 0 Å². The van der Waals surface area contributed by atoms with Crippen molar-refractivity contribution in [2.45, 2.75) is 39.2 Å². The highest BCUT2D eigenvalue weighted by Gasteiger charge is 2.30. The third-order valence-electron chi connectivity index (χ3n) is 5.93. The normalized spacial score (nSPS) is 27.9. The first-order valence-corrected chi connectivity index (χ1v) is 9.43. The van der Waals surface area contributed by atoms with Crippen molar-refractivity contribution < 1.29 is 0 Å². The van der Waals surface area contributed by atoms with Crippen molar-refractivity contribution in [2.24, 2.45) is 16.8 Å². The number of hydrogen-bond donors (Lipinski definition) is 1. The SMILES string of the molecule is CCC(CC)[C@@H]1CCN(C(=NC)NC[C@@H]2CN(C)CCN2C)C1. The third-order valence-corrected chi connectivity index (χ3v) is 5.93. The Morgan fingerprint density at radius 2 is 1.87 bits per heavy atom. The van der Waals surface area contributed by atoms with Crippen LogP contribution in [-0.4, -0.2) is 87.1 Å². The fourth-order valence-corrected chi connectivity index (χ4v) is 4.18. The molecule has 5 nitrogen and oxygen atoms in total. The Bertz CT molecular complexity index is 380. The summed E-state index contributed by atoms with van der Waals surface area (Å²) >= 11 is 0. The molecule has 2 aliphatic heterocycles. The molecule has 23 heavy (non-hydrogen) atoms. The lowest BCUT2D eigenvalue weighted by molar-refractivity contribution is 0.116. The maximum atomic E-state index is 4.54. The van der Waals surface area contributed by atoms with Gasteiger partial charge in [0.2, 0.25) is 0 Å². The summed E-state index contributed by atoms with van der Waals surface area (Å²) in [5.74, 6) is 2.81. The number of likely N-dealkylation sites (tertiary alicyclic amines) is 1. The molecule has 0 bridgehead atoms. The smallest absolute Gasteiger partial charge is 0.193 e. The molecule has 0 saturated carbocycles. The van der Waals surface area contributed by atoms with Crippen LogP contribution >= 0.6 is 0 Å². The highest BCUT2D eigenvalue weighted by molar-refractivity contribution is 5.80. The van der Waals surface area contributed by atoms with Gasteiger partial charge in [0, 0.05) is 52.4 Å². The van der Waals surface area contributed by atoms with E-state index in [1.54, 1.807) is 0 Å². The van der Waals surface area contributed by atoms with E-state index in [2.05, 4.69) is 53.0 Å². The van der Waals surface area contributed by atoms with E-state index in [1.165, 1.54) is 32.4 Å². The molecular formula is C18H37N5. The van der Waals surface area contributed by atoms with Gasteiger partial charge in [-0.3, -0.25) is 9.89 Å². The number of nitrogens with zero attached hydrogens (tertiary/aromatic N) is 4. The number of hydrogen-bond acceptors (Lipinski definition) is 3. The minimum Gasteiger partial charge on any atom is -0.355 e. The van der Waals surface area contributed by atoms with Crippen molar-refractivity contribution in [2.75, 3.05) is 60.4 Å². The third kappa shape index (κ3) is 4.83. The van der Waals surface area contributed by atoms with Crippen LogP contribution in [0, 0.1) is 11.8 Å². The maximum absolute atomic E-state index is 4.54. The molecule has 5 heteroatoms. The predicted octanol–water partition coefficient (Wildman–Crippen LogP) is 1.57. The van der Waals surface area contributed by atoms with Gasteiger partial charge in [-0.2, -0.15) is 0 Å². The second kappa shape index (κ2) is 8.88. The standard InChI is InChI=1S/C18H37N5/c1-6-15(7-2)16-8-9-23(13-16)18(19-3)20-12-17-14-21(4)10-11-22(17)5/h15-17H,6-14H2,1-5H3,(H,19,20)/t16-,17-/m1/s1. The maximum Gasteiger partial charge on any atom is 0.193 e. The average molecular weight is 324 g/mol. The number of nitrogens with one attached hydrogen (secondary N) is 1. The number of likely N-dealkylation sites (N-methyl/N-ethyl adjacent to an activating group) is 2. The Morgan fingerprint density at radius 3 is 2.52 bits per heavy atom. The van der Waals surface area contributed by atoms with Gasteiger partial charge in [0.05, 0.1) is 0 Å². The molecule has 0 aliphatic carbocycles. The fraction of sp³-hybridized carbons (Fsp3) is 0.944. The summed E-state index contributed by atoms with van der Waals surface area (Å²) in [6.45, 7) is 11.4. The van der Waals surface area contributed by atoms with Crippen molar-refractivity contribution in [1.29, 1.82) is 0 Å². The van der Waals surface area contributed by atoms with Crippen LogP contribution in [0.3, 0.4) is 0 Å². The molecule has 1 N–H and O–H groups in total. The highest BCUT2D eigenvalue weighted by atomic mass is 15.3. The fourth-order valence-electron chi connectivity index (χ4n) is 4.18. The minimum atomic E-state index is 0.572. The van der Waals surface area contributed by atoms with Crippen molar-refractivity contribution in [3.63, 3.8) is 0 Å². The minimum absolute atomic E-state index is 0.572. The highest BCUT2D eigenvalue weighted by Crippen LogP contribution is 2.28. The summed E-state index contributed by atoms with van der Waals surface area (Å²) < 4.78 is 0. The van der Waals surface area contributed by atoms with Gasteiger partial charge in [-0.05, 0) is 32.4 Å². The van der Waals surface area contributed by atoms with Gasteiger partial charge in [0.15, 0.2) is 5.96 Å². The molecule has 2 fully saturated rings. The largest absolute Gasteiger partial charge is 0.355 e. The van der Waals surface area contributed by atoms with Crippen LogP contribution in [0.2, 0.25) is 0 Å². The van der Waals surface area contributed by atoms with Crippen molar-refractivity contribution in [1.82, 2.24) is 20.0 Å². The van der Waals surface area contributed by atoms with Crippen LogP contribution in [0.15, 0.2) is 4.99 Å². The van der Waals surface area contributed by atoms with Gasteiger partial charge < -0.3 is 15.1 Å². The summed E-state index contributed by atoms with van der Waals surface area (Å²) in [6.07, 6.45) is 3.93. The second-order valence-electron chi connectivity index (χ2n) is 7.40. The molecule has 2 saturated heterocycles. The molecule has 0 amide bonds. The quantitative estimate of drug-likeness (QED) is 0.615. The lowest BCUT2D eigenvalue weighted by Gasteiger charge is -2.38. The van der Waals surface area contributed by atoms with Gasteiger partial charge in [0.25, 0.3) is 0 Å². The lowest BCUT2D eigenvalue weighted by atomic mass is 9.87. The molecule has 0 aromatic heterocycles. The number of rotatable bonds is 5. The summed E-state index contributed by atoms with van der Waals surface area (Å²) in [6, 6.07) is 0.572. The molecule has 2 heterocycles. The van der Waals surface area contributed by atoms with Gasteiger partial charge in [-0.15, -0.1) is 0 Å². The first-order valence-electron chi connectivity index (χ1n) is 9.43. The van der Waals surface area contributed by atoms with E-state index in [0.29, 0.717) is 6.04 Å². The van der Waals surface area contributed by atoms with E-state index in [-0.39, 0.29) is 0 Å². The zero-order valence-corrected chi connectivity index (χ0v) is 15.9. The summed E-state index contributed by atoms with van der Waals surface area (Å²) in [4.78, 5) is 11.9. The Hall–Kier alpha value is -0.810. The van der Waals surface area contributed by atoms with Gasteiger partial charge >= 0.3 is 0 Å². The molecule has 2 atom stereocenters. The molecule has 0 aromatic rings. The van der Waals surface area contributed by atoms with Crippen LogP contribution in [0.25, 0.3) is 0 Å². The van der Waals surface area contributed by atoms with Crippen LogP contribution in [-0.2, 0) is 0 Å². The zero-order chi connectivity index (χ0) is 16.8. The lowest BCUT2D eigenvalue weighted by Crippen LogP contribution is -2.55. The van der Waals surface area contributed by atoms with Gasteiger partial charge in [0.1, 0.15) is 0 Å². The topological polar surface area (TPSA) is 34.1 Å². The predicted molar refractivity (Wildman–Crippen MR) is 99.0 cm³/mol. The number of guanidine groups is 1.